The minimum atomic E-state index is -3.87. The first-order chi connectivity index (χ1) is 4.29. The van der Waals surface area contributed by atoms with Crippen molar-refractivity contribution in [2.75, 3.05) is 0 Å². The summed E-state index contributed by atoms with van der Waals surface area (Å²) in [5.41, 5.74) is 4.30. The van der Waals surface area contributed by atoms with Crippen molar-refractivity contribution in [3.8, 4) is 0 Å². The second kappa shape index (κ2) is 5.84. The molecule has 0 bridgehead atoms. The molecule has 0 aromatic carbocycles. The van der Waals surface area contributed by atoms with Gasteiger partial charge in [0.15, 0.2) is 0 Å². The summed E-state index contributed by atoms with van der Waals surface area (Å²) in [6, 6.07) is 0. The Morgan fingerprint density at radius 1 is 1.50 bits per heavy atom. The fraction of sp³-hybridized carbons (Fsp3) is 0. The Morgan fingerprint density at radius 3 is 1.60 bits per heavy atom. The largest absolute Gasteiger partial charge is 0.692 e. The van der Waals surface area contributed by atoms with Crippen LogP contribution in [0.4, 0.5) is 0 Å². The molecule has 0 fully saturated rings. The van der Waals surface area contributed by atoms with Crippen molar-refractivity contribution >= 4 is 16.0 Å². The van der Waals surface area contributed by atoms with Crippen LogP contribution in [0.2, 0.25) is 0 Å². The molecule has 0 heterocycles. The van der Waals surface area contributed by atoms with Crippen molar-refractivity contribution < 1.29 is 28.4 Å². The first-order valence-electron chi connectivity index (χ1n) is 1.64. The van der Waals surface area contributed by atoms with Crippen molar-refractivity contribution in [3.05, 3.63) is 0 Å². The quantitative estimate of drug-likeness (QED) is 0.250. The molecule has 0 aliphatic heterocycles. The van der Waals surface area contributed by atoms with Crippen molar-refractivity contribution in [3.63, 3.8) is 0 Å². The van der Waals surface area contributed by atoms with E-state index in [2.05, 4.69) is 16.0 Å². The fourth-order valence-corrected chi connectivity index (χ4v) is 0. The average molecular weight is 193 g/mol. The van der Waals surface area contributed by atoms with E-state index in [9.17, 15) is 4.57 Å². The smallest absolute Gasteiger partial charge is 0.312 e. The minimum Gasteiger partial charge on any atom is -0.312 e. The molecule has 0 aliphatic carbocycles. The number of nitrogens with two attached hydrogens (primary N) is 2. The van der Waals surface area contributed by atoms with Gasteiger partial charge in [0.05, 0.1) is 0 Å². The maximum absolute atomic E-state index is 9.57. The Kier molecular flexibility index (Phi) is 7.44. The van der Waals surface area contributed by atoms with Crippen LogP contribution in [0.5, 0.6) is 0 Å². The summed E-state index contributed by atoms with van der Waals surface area (Å²) in [5.74, 6) is 4.17. The normalized spacial score (nSPS) is 14.5. The van der Waals surface area contributed by atoms with Gasteiger partial charge in [-0.15, -0.1) is 9.79 Å². The lowest BCUT2D eigenvalue weighted by atomic mass is 13.6. The number of hydrogen-bond acceptors (Lipinski definition) is 4. The molecule has 8 nitrogen and oxygen atoms in total. The van der Waals surface area contributed by atoms with E-state index in [0.717, 1.165) is 0 Å². The molecule has 0 aromatic heterocycles. The van der Waals surface area contributed by atoms with Crippen molar-refractivity contribution in [1.82, 2.24) is 0 Å². The summed E-state index contributed by atoms with van der Waals surface area (Å²) in [4.78, 5) is 22.1. The Bertz CT molecular complexity index is 133. The third kappa shape index (κ3) is 42.6. The molecule has 0 aliphatic rings. The summed E-state index contributed by atoms with van der Waals surface area (Å²) in [5, 5.41) is 0. The molecule has 10 heteroatoms. The summed E-state index contributed by atoms with van der Waals surface area (Å²) in [7, 11) is -6.74. The lowest BCUT2D eigenvalue weighted by molar-refractivity contribution is 0.269. The van der Waals surface area contributed by atoms with Crippen LogP contribution in [0, 0.1) is 0 Å². The monoisotopic (exact) mass is 193 g/mol. The summed E-state index contributed by atoms with van der Waals surface area (Å²) < 4.78 is 21.6. The molecule has 0 aromatic rings. The van der Waals surface area contributed by atoms with E-state index in [1.165, 1.54) is 0 Å². The molecule has 0 rings (SSSR count). The average Bonchev–Trinajstić information content (AvgIpc) is 1.63. The minimum absolute atomic E-state index is 2.87. The summed E-state index contributed by atoms with van der Waals surface area (Å²) in [6.07, 6.45) is 0. The predicted octanol–water partition coefficient (Wildman–Crippen LogP) is -1.44. The van der Waals surface area contributed by atoms with Gasteiger partial charge in [-0.3, -0.25) is 0 Å². The fourth-order valence-electron chi connectivity index (χ4n) is 0. The van der Waals surface area contributed by atoms with Gasteiger partial charge in [0.1, 0.15) is 0 Å². The van der Waals surface area contributed by atoms with E-state index in [1.807, 2.05) is 0 Å². The number of hydrogen-bond donors (Lipinski definition) is 5. The molecular weight excluding hydrogens is 186 g/mol. The van der Waals surface area contributed by atoms with Crippen LogP contribution in [0.15, 0.2) is 0 Å². The molecule has 7 N–H and O–H groups in total. The number of rotatable bonds is 1. The predicted molar refractivity (Wildman–Crippen MR) is 31.3 cm³/mol. The molecule has 62 valence electrons. The molecule has 0 saturated carbocycles. The van der Waals surface area contributed by atoms with Gasteiger partial charge in [-0.25, -0.2) is 20.6 Å². The lowest BCUT2D eigenvalue weighted by Crippen LogP contribution is -2.02. The van der Waals surface area contributed by atoms with E-state index < -0.39 is 16.0 Å². The lowest BCUT2D eigenvalue weighted by Gasteiger charge is -1.94. The maximum atomic E-state index is 9.57. The Labute approximate surface area is 56.9 Å². The first-order valence-corrected chi connectivity index (χ1v) is 4.45. The second-order valence-corrected chi connectivity index (χ2v) is 2.77. The van der Waals surface area contributed by atoms with Crippen molar-refractivity contribution in [2.45, 2.75) is 0 Å². The molecule has 0 spiro atoms. The van der Waals surface area contributed by atoms with Crippen LogP contribution in [0.25, 0.3) is 0 Å². The molecular formula is H7N2O6P2+. The van der Waals surface area contributed by atoms with Crippen LogP contribution in [-0.4, -0.2) is 14.7 Å². The Balaban J connectivity index is 0. The van der Waals surface area contributed by atoms with Gasteiger partial charge >= 0.3 is 16.0 Å². The van der Waals surface area contributed by atoms with Gasteiger partial charge in [-0.05, 0) is 0 Å². The molecule has 10 heavy (non-hydrogen) atoms. The van der Waals surface area contributed by atoms with Crippen LogP contribution >= 0.6 is 16.0 Å². The van der Waals surface area contributed by atoms with Crippen molar-refractivity contribution in [1.29, 1.82) is 0 Å². The molecule has 0 amide bonds. The van der Waals surface area contributed by atoms with Crippen molar-refractivity contribution in [2.24, 2.45) is 11.4 Å². The molecule has 0 saturated heterocycles. The van der Waals surface area contributed by atoms with E-state index >= 15 is 0 Å². The SMILES string of the molecule is NOP(N)(=O)O.O=[P+](O)O. The van der Waals surface area contributed by atoms with E-state index in [1.54, 1.807) is 0 Å². The highest BCUT2D eigenvalue weighted by atomic mass is 31.2. The zero-order valence-corrected chi connectivity index (χ0v) is 6.40. The van der Waals surface area contributed by atoms with Gasteiger partial charge in [0.25, 0.3) is 0 Å². The van der Waals surface area contributed by atoms with Gasteiger partial charge in [-0.2, -0.15) is 0 Å². The maximum Gasteiger partial charge on any atom is 0.692 e. The van der Waals surface area contributed by atoms with Gasteiger partial charge in [-0.1, -0.05) is 0 Å². The topological polar surface area (TPSA) is 156 Å². The van der Waals surface area contributed by atoms with Crippen LogP contribution in [0.3, 0.4) is 0 Å². The third-order valence-electron chi connectivity index (χ3n) is 0.151. The summed E-state index contributed by atoms with van der Waals surface area (Å²) in [6.45, 7) is 0. The van der Waals surface area contributed by atoms with E-state index in [4.69, 9.17) is 19.2 Å². The van der Waals surface area contributed by atoms with Gasteiger partial charge in [0.2, 0.25) is 0 Å². The van der Waals surface area contributed by atoms with Gasteiger partial charge in [0, 0.05) is 4.57 Å². The van der Waals surface area contributed by atoms with E-state index in [0.29, 0.717) is 0 Å². The van der Waals surface area contributed by atoms with Crippen LogP contribution in [0.1, 0.15) is 0 Å². The van der Waals surface area contributed by atoms with E-state index in [-0.39, 0.29) is 0 Å². The third-order valence-corrected chi connectivity index (χ3v) is 0.453. The Hall–Kier alpha value is 0.0900. The molecule has 1 atom stereocenters. The highest BCUT2D eigenvalue weighted by Crippen LogP contribution is 2.26. The Morgan fingerprint density at radius 2 is 1.60 bits per heavy atom. The highest BCUT2D eigenvalue weighted by molar-refractivity contribution is 7.50. The standard InChI is InChI=1S/H5N2O3P.HO3P/c1-5-6(2,3)4;1-4(2)3/h1H2,(H3,2,3,4);(H-,1,2,3)/p+1. The molecule has 1 unspecified atom stereocenters. The zero-order chi connectivity index (χ0) is 8.78. The van der Waals surface area contributed by atoms with Crippen LogP contribution in [-0.2, 0) is 13.8 Å². The zero-order valence-electron chi connectivity index (χ0n) is 4.62. The van der Waals surface area contributed by atoms with Crippen LogP contribution < -0.4 is 11.4 Å². The second-order valence-electron chi connectivity index (χ2n) is 0.922. The highest BCUT2D eigenvalue weighted by Gasteiger charge is 2.05. The van der Waals surface area contributed by atoms with Gasteiger partial charge < -0.3 is 4.89 Å². The summed E-state index contributed by atoms with van der Waals surface area (Å²) >= 11 is 0. The first kappa shape index (κ1) is 12.7. The molecule has 0 radical (unpaired) electrons.